The van der Waals surface area contributed by atoms with Crippen LogP contribution in [-0.4, -0.2) is 72.8 Å². The predicted octanol–water partition coefficient (Wildman–Crippen LogP) is 1.63. The minimum absolute atomic E-state index is 0.0307. The highest BCUT2D eigenvalue weighted by molar-refractivity contribution is 5.82. The molecule has 3 aliphatic heterocycles. The van der Waals surface area contributed by atoms with Crippen molar-refractivity contribution < 1.29 is 19.1 Å². The monoisotopic (exact) mass is 373 g/mol. The van der Waals surface area contributed by atoms with Gasteiger partial charge in [-0.2, -0.15) is 0 Å². The van der Waals surface area contributed by atoms with Gasteiger partial charge in [0.25, 0.3) is 0 Å². The number of hydrogen-bond acceptors (Lipinski definition) is 5. The van der Waals surface area contributed by atoms with E-state index >= 15 is 0 Å². The molecule has 146 valence electrons. The Morgan fingerprint density at radius 2 is 2.04 bits per heavy atom. The lowest BCUT2D eigenvalue weighted by atomic mass is 9.91. The van der Waals surface area contributed by atoms with Gasteiger partial charge in [0, 0.05) is 25.9 Å². The van der Waals surface area contributed by atoms with Crippen molar-refractivity contribution in [1.29, 1.82) is 0 Å². The van der Waals surface area contributed by atoms with Crippen LogP contribution in [0.4, 0.5) is 4.79 Å². The third kappa shape index (κ3) is 4.03. The summed E-state index contributed by atoms with van der Waals surface area (Å²) >= 11 is 0. The number of rotatable bonds is 5. The lowest BCUT2D eigenvalue weighted by Gasteiger charge is -2.38. The molecule has 1 N–H and O–H groups in total. The van der Waals surface area contributed by atoms with Crippen LogP contribution in [0.3, 0.4) is 0 Å². The van der Waals surface area contributed by atoms with E-state index in [1.54, 1.807) is 4.90 Å². The zero-order valence-electron chi connectivity index (χ0n) is 15.6. The lowest BCUT2D eigenvalue weighted by Crippen LogP contribution is -2.52. The number of para-hydroxylation sites is 1. The van der Waals surface area contributed by atoms with E-state index in [2.05, 4.69) is 5.32 Å². The number of piperidine rings is 1. The average molecular weight is 373 g/mol. The number of nitrogens with one attached hydrogen (secondary N) is 1. The number of amides is 2. The van der Waals surface area contributed by atoms with Crippen LogP contribution in [0.2, 0.25) is 0 Å². The van der Waals surface area contributed by atoms with Crippen LogP contribution in [0, 0.1) is 0 Å². The van der Waals surface area contributed by atoms with Gasteiger partial charge in [0.05, 0.1) is 19.1 Å². The molecule has 2 amide bonds. The summed E-state index contributed by atoms with van der Waals surface area (Å²) in [6.07, 6.45) is 3.11. The number of benzene rings is 1. The number of nitrogens with zero attached hydrogens (tertiary/aromatic N) is 2. The van der Waals surface area contributed by atoms with Gasteiger partial charge in [0.1, 0.15) is 18.0 Å². The summed E-state index contributed by atoms with van der Waals surface area (Å²) in [4.78, 5) is 28.5. The van der Waals surface area contributed by atoms with Crippen molar-refractivity contribution in [2.75, 3.05) is 39.3 Å². The normalized spacial score (nSPS) is 24.3. The van der Waals surface area contributed by atoms with Gasteiger partial charge in [-0.05, 0) is 31.5 Å². The molecule has 0 radical (unpaired) electrons. The molecule has 1 atom stereocenters. The van der Waals surface area contributed by atoms with E-state index in [4.69, 9.17) is 9.47 Å². The Bertz CT molecular complexity index is 667. The maximum atomic E-state index is 12.5. The van der Waals surface area contributed by atoms with E-state index in [0.29, 0.717) is 45.6 Å². The van der Waals surface area contributed by atoms with Crippen molar-refractivity contribution in [2.24, 2.45) is 0 Å². The summed E-state index contributed by atoms with van der Waals surface area (Å²) in [6.45, 7) is 3.74. The standard InChI is InChI=1S/C20H27N3O4/c24-18(17-7-4-10-21-17)22-11-8-20(9-12-22)15-23(19(25)27-20)13-14-26-16-5-2-1-3-6-16/h1-3,5-6,17,21H,4,7-15H2/t17-/m0/s1. The largest absolute Gasteiger partial charge is 0.492 e. The summed E-state index contributed by atoms with van der Waals surface area (Å²) in [7, 11) is 0. The quantitative estimate of drug-likeness (QED) is 0.850. The molecule has 3 saturated heterocycles. The fraction of sp³-hybridized carbons (Fsp3) is 0.600. The summed E-state index contributed by atoms with van der Waals surface area (Å²) < 4.78 is 11.4. The van der Waals surface area contributed by atoms with Crippen LogP contribution < -0.4 is 10.1 Å². The molecule has 0 saturated carbocycles. The molecule has 1 aromatic rings. The van der Waals surface area contributed by atoms with Crippen molar-refractivity contribution in [3.63, 3.8) is 0 Å². The molecule has 27 heavy (non-hydrogen) atoms. The number of hydrogen-bond donors (Lipinski definition) is 1. The van der Waals surface area contributed by atoms with Crippen LogP contribution in [0.1, 0.15) is 25.7 Å². The second-order valence-corrected chi connectivity index (χ2v) is 7.61. The topological polar surface area (TPSA) is 71.1 Å². The molecule has 0 unspecified atom stereocenters. The van der Waals surface area contributed by atoms with Gasteiger partial charge in [0.15, 0.2) is 0 Å². The molecule has 7 nitrogen and oxygen atoms in total. The first kappa shape index (κ1) is 18.1. The van der Waals surface area contributed by atoms with Gasteiger partial charge in [-0.25, -0.2) is 4.79 Å². The molecule has 4 rings (SSSR count). The molecule has 1 spiro atoms. The first-order valence-corrected chi connectivity index (χ1v) is 9.83. The lowest BCUT2D eigenvalue weighted by molar-refractivity contribution is -0.136. The SMILES string of the molecule is O=C1OC2(CCN(C(=O)[C@@H]3CCCN3)CC2)CN1CCOc1ccccc1. The number of ether oxygens (including phenoxy) is 2. The highest BCUT2D eigenvalue weighted by atomic mass is 16.6. The zero-order valence-corrected chi connectivity index (χ0v) is 15.6. The van der Waals surface area contributed by atoms with E-state index < -0.39 is 5.60 Å². The Balaban J connectivity index is 1.25. The summed E-state index contributed by atoms with van der Waals surface area (Å²) in [5.74, 6) is 0.993. The molecule has 1 aromatic carbocycles. The summed E-state index contributed by atoms with van der Waals surface area (Å²) in [6, 6.07) is 9.55. The first-order chi connectivity index (χ1) is 13.2. The Kier molecular flexibility index (Phi) is 5.20. The Hall–Kier alpha value is -2.28. The van der Waals surface area contributed by atoms with Gasteiger partial charge in [-0.3, -0.25) is 4.79 Å². The second-order valence-electron chi connectivity index (χ2n) is 7.61. The van der Waals surface area contributed by atoms with Crippen LogP contribution in [-0.2, 0) is 9.53 Å². The molecule has 0 bridgehead atoms. The molecule has 3 fully saturated rings. The van der Waals surface area contributed by atoms with Crippen molar-refractivity contribution in [2.45, 2.75) is 37.3 Å². The van der Waals surface area contributed by atoms with Crippen LogP contribution >= 0.6 is 0 Å². The minimum atomic E-state index is -0.455. The van der Waals surface area contributed by atoms with Crippen LogP contribution in [0.5, 0.6) is 5.75 Å². The minimum Gasteiger partial charge on any atom is -0.492 e. The smallest absolute Gasteiger partial charge is 0.410 e. The first-order valence-electron chi connectivity index (χ1n) is 9.83. The number of likely N-dealkylation sites (tertiary alicyclic amines) is 1. The fourth-order valence-electron chi connectivity index (χ4n) is 4.17. The third-order valence-corrected chi connectivity index (χ3v) is 5.76. The van der Waals surface area contributed by atoms with E-state index in [0.717, 1.165) is 25.1 Å². The molecular weight excluding hydrogens is 346 g/mol. The van der Waals surface area contributed by atoms with E-state index in [1.807, 2.05) is 35.2 Å². The molecule has 7 heteroatoms. The van der Waals surface area contributed by atoms with Gasteiger partial charge in [0.2, 0.25) is 5.91 Å². The second kappa shape index (κ2) is 7.76. The van der Waals surface area contributed by atoms with Gasteiger partial charge >= 0.3 is 6.09 Å². The molecular formula is C20H27N3O4. The Morgan fingerprint density at radius 3 is 2.74 bits per heavy atom. The average Bonchev–Trinajstić information content (AvgIpc) is 3.32. The van der Waals surface area contributed by atoms with Gasteiger partial charge in [-0.1, -0.05) is 18.2 Å². The number of carbonyl (C=O) groups excluding carboxylic acids is 2. The van der Waals surface area contributed by atoms with Crippen molar-refractivity contribution in [3.05, 3.63) is 30.3 Å². The van der Waals surface area contributed by atoms with Crippen molar-refractivity contribution >= 4 is 12.0 Å². The fourth-order valence-corrected chi connectivity index (χ4v) is 4.17. The van der Waals surface area contributed by atoms with Gasteiger partial charge < -0.3 is 24.6 Å². The Morgan fingerprint density at radius 1 is 1.26 bits per heavy atom. The third-order valence-electron chi connectivity index (χ3n) is 5.76. The molecule has 3 aliphatic rings. The van der Waals surface area contributed by atoms with Crippen molar-refractivity contribution in [1.82, 2.24) is 15.1 Å². The van der Waals surface area contributed by atoms with Crippen molar-refractivity contribution in [3.8, 4) is 5.75 Å². The maximum Gasteiger partial charge on any atom is 0.410 e. The maximum absolute atomic E-state index is 12.5. The molecule has 0 aromatic heterocycles. The predicted molar refractivity (Wildman–Crippen MR) is 99.6 cm³/mol. The summed E-state index contributed by atoms with van der Waals surface area (Å²) in [5.41, 5.74) is -0.455. The highest BCUT2D eigenvalue weighted by Gasteiger charge is 2.47. The Labute approximate surface area is 159 Å². The molecule has 0 aliphatic carbocycles. The zero-order chi connectivity index (χ0) is 18.7. The molecule has 3 heterocycles. The van der Waals surface area contributed by atoms with Crippen LogP contribution in [0.25, 0.3) is 0 Å². The van der Waals surface area contributed by atoms with Gasteiger partial charge in [-0.15, -0.1) is 0 Å². The van der Waals surface area contributed by atoms with E-state index in [-0.39, 0.29) is 18.0 Å². The van der Waals surface area contributed by atoms with Crippen LogP contribution in [0.15, 0.2) is 30.3 Å². The van der Waals surface area contributed by atoms with E-state index in [9.17, 15) is 9.59 Å². The summed E-state index contributed by atoms with van der Waals surface area (Å²) in [5, 5.41) is 3.27. The van der Waals surface area contributed by atoms with E-state index in [1.165, 1.54) is 0 Å². The highest BCUT2D eigenvalue weighted by Crippen LogP contribution is 2.33. The number of carbonyl (C=O) groups is 2.